The van der Waals surface area contributed by atoms with Crippen LogP contribution in [0.1, 0.15) is 22.3 Å². The smallest absolute Gasteiger partial charge is 0.350 e. The van der Waals surface area contributed by atoms with Gasteiger partial charge in [-0.25, -0.2) is 9.78 Å². The zero-order valence-corrected chi connectivity index (χ0v) is 13.0. The Kier molecular flexibility index (Phi) is 5.66. The maximum Gasteiger partial charge on any atom is 0.350 e. The number of nitrogens with one attached hydrogen (secondary N) is 1. The van der Waals surface area contributed by atoms with Crippen molar-refractivity contribution in [3.63, 3.8) is 0 Å². The average Bonchev–Trinajstić information content (AvgIpc) is 2.80. The van der Waals surface area contributed by atoms with E-state index in [-0.39, 0.29) is 5.91 Å². The van der Waals surface area contributed by atoms with E-state index in [9.17, 15) is 9.59 Å². The first kappa shape index (κ1) is 15.9. The van der Waals surface area contributed by atoms with Crippen molar-refractivity contribution in [1.82, 2.24) is 9.88 Å². The molecule has 2 rings (SSSR count). The zero-order chi connectivity index (χ0) is 15.2. The van der Waals surface area contributed by atoms with Crippen molar-refractivity contribution in [2.24, 2.45) is 0 Å². The van der Waals surface area contributed by atoms with Gasteiger partial charge in [0.25, 0.3) is 0 Å². The molecule has 1 aromatic heterocycles. The third-order valence-corrected chi connectivity index (χ3v) is 4.03. The molecule has 0 atom stereocenters. The van der Waals surface area contributed by atoms with E-state index < -0.39 is 5.97 Å². The Morgan fingerprint density at radius 1 is 1.43 bits per heavy atom. The molecule has 2 heterocycles. The van der Waals surface area contributed by atoms with Crippen LogP contribution in [0.25, 0.3) is 0 Å². The Morgan fingerprint density at radius 2 is 2.14 bits per heavy atom. The number of hydrogen-bond acceptors (Lipinski definition) is 7. The predicted molar refractivity (Wildman–Crippen MR) is 78.7 cm³/mol. The fourth-order valence-corrected chi connectivity index (χ4v) is 2.83. The summed E-state index contributed by atoms with van der Waals surface area (Å²) in [7, 11) is 0. The van der Waals surface area contributed by atoms with E-state index in [1.807, 2.05) is 4.90 Å². The molecule has 0 unspecified atom stereocenters. The number of aryl methyl sites for hydroxylation is 1. The topological polar surface area (TPSA) is 80.8 Å². The normalized spacial score (nSPS) is 15.7. The second-order valence-electron chi connectivity index (χ2n) is 4.59. The van der Waals surface area contributed by atoms with Crippen LogP contribution in [-0.2, 0) is 14.3 Å². The van der Waals surface area contributed by atoms with E-state index >= 15 is 0 Å². The molecule has 0 aromatic carbocycles. The van der Waals surface area contributed by atoms with Crippen LogP contribution in [-0.4, -0.2) is 61.2 Å². The van der Waals surface area contributed by atoms with Gasteiger partial charge in [0.1, 0.15) is 4.88 Å². The number of aromatic nitrogens is 1. The largest absolute Gasteiger partial charge is 0.462 e. The van der Waals surface area contributed by atoms with Crippen molar-refractivity contribution in [3.8, 4) is 0 Å². The fourth-order valence-electron chi connectivity index (χ4n) is 1.96. The van der Waals surface area contributed by atoms with Crippen molar-refractivity contribution in [1.29, 1.82) is 0 Å². The number of morpholine rings is 1. The molecular formula is C13H19N3O4S. The number of ether oxygens (including phenoxy) is 2. The highest BCUT2D eigenvalue weighted by Crippen LogP contribution is 2.23. The van der Waals surface area contributed by atoms with Gasteiger partial charge in [-0.1, -0.05) is 11.3 Å². The molecule has 0 spiro atoms. The molecule has 0 radical (unpaired) electrons. The van der Waals surface area contributed by atoms with E-state index in [4.69, 9.17) is 9.47 Å². The average molecular weight is 313 g/mol. The Morgan fingerprint density at radius 3 is 2.81 bits per heavy atom. The number of rotatable bonds is 5. The number of anilines is 1. The number of esters is 1. The number of hydrogen-bond donors (Lipinski definition) is 1. The van der Waals surface area contributed by atoms with Gasteiger partial charge in [0.2, 0.25) is 5.91 Å². The van der Waals surface area contributed by atoms with Crippen molar-refractivity contribution < 1.29 is 19.1 Å². The second-order valence-corrected chi connectivity index (χ2v) is 5.59. The summed E-state index contributed by atoms with van der Waals surface area (Å²) in [5.41, 5.74) is 0.570. The standard InChI is InChI=1S/C13H19N3O4S/c1-3-20-12(18)11-9(2)14-13(21-11)15-10(17)8-16-4-6-19-7-5-16/h3-8H2,1-2H3,(H,14,15,17). The SMILES string of the molecule is CCOC(=O)c1sc(NC(=O)CN2CCOCC2)nc1C. The Balaban J connectivity index is 1.91. The third-order valence-electron chi connectivity index (χ3n) is 2.97. The van der Waals surface area contributed by atoms with Gasteiger partial charge < -0.3 is 14.8 Å². The van der Waals surface area contributed by atoms with Gasteiger partial charge >= 0.3 is 5.97 Å². The van der Waals surface area contributed by atoms with Crippen LogP contribution in [0.4, 0.5) is 5.13 Å². The molecule has 0 saturated carbocycles. The minimum absolute atomic E-state index is 0.138. The van der Waals surface area contributed by atoms with Crippen LogP contribution < -0.4 is 5.32 Å². The Hall–Kier alpha value is -1.51. The highest BCUT2D eigenvalue weighted by Gasteiger charge is 2.19. The first-order valence-corrected chi connectivity index (χ1v) is 7.66. The molecule has 1 aliphatic heterocycles. The fraction of sp³-hybridized carbons (Fsp3) is 0.615. The molecule has 116 valence electrons. The predicted octanol–water partition coefficient (Wildman–Crippen LogP) is 0.899. The molecule has 1 aliphatic rings. The maximum atomic E-state index is 12.0. The minimum atomic E-state index is -0.402. The Labute approximate surface area is 127 Å². The van der Waals surface area contributed by atoms with Crippen LogP contribution in [0.3, 0.4) is 0 Å². The first-order chi connectivity index (χ1) is 10.1. The van der Waals surface area contributed by atoms with E-state index in [1.165, 1.54) is 0 Å². The molecule has 0 aliphatic carbocycles. The molecule has 1 saturated heterocycles. The van der Waals surface area contributed by atoms with Crippen LogP contribution in [0, 0.1) is 6.92 Å². The summed E-state index contributed by atoms with van der Waals surface area (Å²) in [6.07, 6.45) is 0. The lowest BCUT2D eigenvalue weighted by atomic mass is 10.4. The third kappa shape index (κ3) is 4.48. The van der Waals surface area contributed by atoms with Gasteiger partial charge in [-0.05, 0) is 13.8 Å². The maximum absolute atomic E-state index is 12.0. The molecule has 21 heavy (non-hydrogen) atoms. The van der Waals surface area contributed by atoms with Crippen LogP contribution in [0.15, 0.2) is 0 Å². The summed E-state index contributed by atoms with van der Waals surface area (Å²) >= 11 is 1.14. The number of thiazole rings is 1. The zero-order valence-electron chi connectivity index (χ0n) is 12.2. The van der Waals surface area contributed by atoms with Crippen LogP contribution in [0.5, 0.6) is 0 Å². The van der Waals surface area contributed by atoms with Gasteiger partial charge in [0.05, 0.1) is 32.1 Å². The summed E-state index contributed by atoms with van der Waals surface area (Å²) in [6, 6.07) is 0. The number of carbonyl (C=O) groups is 2. The van der Waals surface area contributed by atoms with Crippen molar-refractivity contribution >= 4 is 28.3 Å². The van der Waals surface area contributed by atoms with Crippen LogP contribution in [0.2, 0.25) is 0 Å². The quantitative estimate of drug-likeness (QED) is 0.814. The number of amides is 1. The molecule has 1 aromatic rings. The van der Waals surface area contributed by atoms with Gasteiger partial charge in [0.15, 0.2) is 5.13 Å². The summed E-state index contributed by atoms with van der Waals surface area (Å²) in [6.45, 7) is 6.88. The highest BCUT2D eigenvalue weighted by atomic mass is 32.1. The summed E-state index contributed by atoms with van der Waals surface area (Å²) in [4.78, 5) is 30.3. The molecule has 8 heteroatoms. The lowest BCUT2D eigenvalue weighted by molar-refractivity contribution is -0.118. The van der Waals surface area contributed by atoms with Gasteiger partial charge in [-0.2, -0.15) is 0 Å². The summed E-state index contributed by atoms with van der Waals surface area (Å²) in [5, 5.41) is 3.15. The minimum Gasteiger partial charge on any atom is -0.462 e. The van der Waals surface area contributed by atoms with Crippen molar-refractivity contribution in [2.75, 3.05) is 44.8 Å². The van der Waals surface area contributed by atoms with E-state index in [0.29, 0.717) is 42.1 Å². The lowest BCUT2D eigenvalue weighted by Gasteiger charge is -2.25. The highest BCUT2D eigenvalue weighted by molar-refractivity contribution is 7.17. The van der Waals surface area contributed by atoms with E-state index in [2.05, 4.69) is 10.3 Å². The number of nitrogens with zero attached hydrogens (tertiary/aromatic N) is 2. The molecule has 7 nitrogen and oxygen atoms in total. The first-order valence-electron chi connectivity index (χ1n) is 6.84. The monoisotopic (exact) mass is 313 g/mol. The van der Waals surface area contributed by atoms with Gasteiger partial charge in [-0.3, -0.25) is 9.69 Å². The van der Waals surface area contributed by atoms with Gasteiger partial charge in [-0.15, -0.1) is 0 Å². The van der Waals surface area contributed by atoms with E-state index in [1.54, 1.807) is 13.8 Å². The molecular weight excluding hydrogens is 294 g/mol. The summed E-state index contributed by atoms with van der Waals surface area (Å²) in [5.74, 6) is -0.540. The Bertz CT molecular complexity index is 512. The van der Waals surface area contributed by atoms with Crippen molar-refractivity contribution in [2.45, 2.75) is 13.8 Å². The molecule has 1 fully saturated rings. The van der Waals surface area contributed by atoms with E-state index in [0.717, 1.165) is 24.4 Å². The lowest BCUT2D eigenvalue weighted by Crippen LogP contribution is -2.41. The van der Waals surface area contributed by atoms with Gasteiger partial charge in [0, 0.05) is 13.1 Å². The second kappa shape index (κ2) is 7.48. The molecule has 0 bridgehead atoms. The van der Waals surface area contributed by atoms with Crippen LogP contribution >= 0.6 is 11.3 Å². The molecule has 1 amide bonds. The number of carbonyl (C=O) groups excluding carboxylic acids is 2. The van der Waals surface area contributed by atoms with Crippen molar-refractivity contribution in [3.05, 3.63) is 10.6 Å². The molecule has 1 N–H and O–H groups in total. The summed E-state index contributed by atoms with van der Waals surface area (Å²) < 4.78 is 10.2.